The number of hydrogen-bond acceptors (Lipinski definition) is 4. The van der Waals surface area contributed by atoms with Crippen molar-refractivity contribution >= 4 is 15.8 Å². The molecule has 0 radical (unpaired) electrons. The molecule has 0 bridgehead atoms. The number of aromatic nitrogens is 1. The Bertz CT molecular complexity index is 488. The SMILES string of the molecule is CCCNc1cc(S(=O)(=O)NC(C)CCC)ccn1. The first-order valence-electron chi connectivity index (χ1n) is 6.71. The number of rotatable bonds is 8. The standard InChI is InChI=1S/C13H23N3O2S/c1-4-6-11(3)16-19(17,18)12-7-9-15-13(10-12)14-8-5-2/h7,9-11,16H,4-6,8H2,1-3H3,(H,14,15). The maximum Gasteiger partial charge on any atom is 0.240 e. The van der Waals surface area contributed by atoms with Crippen LogP contribution in [0.5, 0.6) is 0 Å². The van der Waals surface area contributed by atoms with Gasteiger partial charge in [0.25, 0.3) is 0 Å². The second-order valence-corrected chi connectivity index (χ2v) is 6.33. The molecule has 1 aromatic rings. The van der Waals surface area contributed by atoms with E-state index in [0.717, 1.165) is 25.8 Å². The number of anilines is 1. The predicted molar refractivity (Wildman–Crippen MR) is 77.7 cm³/mol. The van der Waals surface area contributed by atoms with E-state index in [4.69, 9.17) is 0 Å². The molecule has 2 N–H and O–H groups in total. The second kappa shape index (κ2) is 7.45. The van der Waals surface area contributed by atoms with Crippen LogP contribution in [-0.2, 0) is 10.0 Å². The van der Waals surface area contributed by atoms with Gasteiger partial charge in [0.15, 0.2) is 0 Å². The maximum atomic E-state index is 12.2. The zero-order valence-electron chi connectivity index (χ0n) is 11.8. The third kappa shape index (κ3) is 5.16. The highest BCUT2D eigenvalue weighted by atomic mass is 32.2. The summed E-state index contributed by atoms with van der Waals surface area (Å²) in [5.41, 5.74) is 0. The number of pyridine rings is 1. The van der Waals surface area contributed by atoms with Gasteiger partial charge in [-0.3, -0.25) is 0 Å². The van der Waals surface area contributed by atoms with Crippen molar-refractivity contribution in [3.8, 4) is 0 Å². The first-order chi connectivity index (χ1) is 8.99. The van der Waals surface area contributed by atoms with Crippen molar-refractivity contribution in [1.29, 1.82) is 0 Å². The molecule has 1 unspecified atom stereocenters. The molecule has 0 aliphatic heterocycles. The highest BCUT2D eigenvalue weighted by Gasteiger charge is 2.17. The molecule has 1 rings (SSSR count). The Morgan fingerprint density at radius 2 is 2.05 bits per heavy atom. The van der Waals surface area contributed by atoms with Gasteiger partial charge in [0.2, 0.25) is 10.0 Å². The van der Waals surface area contributed by atoms with Gasteiger partial charge in [-0.25, -0.2) is 18.1 Å². The summed E-state index contributed by atoms with van der Waals surface area (Å²) in [6.07, 6.45) is 4.25. The van der Waals surface area contributed by atoms with Crippen LogP contribution in [-0.4, -0.2) is 26.0 Å². The largest absolute Gasteiger partial charge is 0.370 e. The maximum absolute atomic E-state index is 12.2. The Labute approximate surface area is 115 Å². The minimum absolute atomic E-state index is 0.0600. The number of nitrogens with zero attached hydrogens (tertiary/aromatic N) is 1. The van der Waals surface area contributed by atoms with Gasteiger partial charge in [0, 0.05) is 24.8 Å². The van der Waals surface area contributed by atoms with E-state index in [1.54, 1.807) is 6.07 Å². The summed E-state index contributed by atoms with van der Waals surface area (Å²) in [5, 5.41) is 3.08. The van der Waals surface area contributed by atoms with Gasteiger partial charge in [-0.2, -0.15) is 0 Å². The lowest BCUT2D eigenvalue weighted by Gasteiger charge is -2.13. The lowest BCUT2D eigenvalue weighted by atomic mass is 10.2. The van der Waals surface area contributed by atoms with E-state index >= 15 is 0 Å². The third-order valence-electron chi connectivity index (χ3n) is 2.68. The molecule has 0 saturated heterocycles. The fourth-order valence-electron chi connectivity index (χ4n) is 1.75. The van der Waals surface area contributed by atoms with Gasteiger partial charge in [-0.15, -0.1) is 0 Å². The minimum atomic E-state index is -3.46. The fourth-order valence-corrected chi connectivity index (χ4v) is 3.04. The van der Waals surface area contributed by atoms with Crippen LogP contribution < -0.4 is 10.0 Å². The lowest BCUT2D eigenvalue weighted by molar-refractivity contribution is 0.544. The van der Waals surface area contributed by atoms with Crippen molar-refractivity contribution in [3.05, 3.63) is 18.3 Å². The first-order valence-corrected chi connectivity index (χ1v) is 8.20. The molecule has 0 amide bonds. The third-order valence-corrected chi connectivity index (χ3v) is 4.26. The summed E-state index contributed by atoms with van der Waals surface area (Å²) in [6.45, 7) is 6.72. The van der Waals surface area contributed by atoms with E-state index in [0.29, 0.717) is 5.82 Å². The van der Waals surface area contributed by atoms with Crippen LogP contribution in [0.4, 0.5) is 5.82 Å². The molecule has 6 heteroatoms. The average molecular weight is 285 g/mol. The van der Waals surface area contributed by atoms with Gasteiger partial charge in [-0.1, -0.05) is 20.3 Å². The molecule has 0 aliphatic carbocycles. The lowest BCUT2D eigenvalue weighted by Crippen LogP contribution is -2.32. The van der Waals surface area contributed by atoms with Gasteiger partial charge in [0.1, 0.15) is 5.82 Å². The van der Waals surface area contributed by atoms with Crippen LogP contribution in [0.15, 0.2) is 23.2 Å². The van der Waals surface area contributed by atoms with Gasteiger partial charge in [0.05, 0.1) is 4.90 Å². The molecule has 0 saturated carbocycles. The van der Waals surface area contributed by atoms with Crippen LogP contribution in [0.1, 0.15) is 40.0 Å². The number of hydrogen-bond donors (Lipinski definition) is 2. The number of nitrogens with one attached hydrogen (secondary N) is 2. The topological polar surface area (TPSA) is 71.1 Å². The Kier molecular flexibility index (Phi) is 6.24. The number of sulfonamides is 1. The van der Waals surface area contributed by atoms with Crippen molar-refractivity contribution < 1.29 is 8.42 Å². The molecule has 0 spiro atoms. The minimum Gasteiger partial charge on any atom is -0.370 e. The van der Waals surface area contributed by atoms with Crippen molar-refractivity contribution in [2.24, 2.45) is 0 Å². The quantitative estimate of drug-likeness (QED) is 0.769. The van der Waals surface area contributed by atoms with E-state index in [2.05, 4.69) is 15.0 Å². The second-order valence-electron chi connectivity index (χ2n) is 4.61. The molecule has 5 nitrogen and oxygen atoms in total. The fraction of sp³-hybridized carbons (Fsp3) is 0.615. The Balaban J connectivity index is 2.82. The van der Waals surface area contributed by atoms with Crippen molar-refractivity contribution in [2.45, 2.75) is 51.0 Å². The molecular weight excluding hydrogens is 262 g/mol. The highest BCUT2D eigenvalue weighted by Crippen LogP contribution is 2.13. The molecule has 108 valence electrons. The molecular formula is C13H23N3O2S. The van der Waals surface area contributed by atoms with E-state index in [1.807, 2.05) is 20.8 Å². The molecule has 0 fully saturated rings. The molecule has 1 aromatic heterocycles. The Morgan fingerprint density at radius 3 is 2.68 bits per heavy atom. The van der Waals surface area contributed by atoms with Crippen molar-refractivity contribution in [2.75, 3.05) is 11.9 Å². The summed E-state index contributed by atoms with van der Waals surface area (Å²) in [4.78, 5) is 4.36. The summed E-state index contributed by atoms with van der Waals surface area (Å²) in [5.74, 6) is 0.591. The van der Waals surface area contributed by atoms with Crippen LogP contribution >= 0.6 is 0 Å². The Hall–Kier alpha value is -1.14. The van der Waals surface area contributed by atoms with Crippen molar-refractivity contribution in [1.82, 2.24) is 9.71 Å². The monoisotopic (exact) mass is 285 g/mol. The summed E-state index contributed by atoms with van der Waals surface area (Å²) in [7, 11) is -3.46. The van der Waals surface area contributed by atoms with E-state index in [1.165, 1.54) is 12.3 Å². The van der Waals surface area contributed by atoms with Crippen LogP contribution in [0.25, 0.3) is 0 Å². The molecule has 0 aliphatic rings. The normalized spacial score (nSPS) is 13.2. The van der Waals surface area contributed by atoms with Crippen molar-refractivity contribution in [3.63, 3.8) is 0 Å². The van der Waals surface area contributed by atoms with Crippen LogP contribution in [0.2, 0.25) is 0 Å². The molecule has 1 atom stereocenters. The molecule has 19 heavy (non-hydrogen) atoms. The van der Waals surface area contributed by atoms with Gasteiger partial charge in [-0.05, 0) is 25.8 Å². The first kappa shape index (κ1) is 15.9. The zero-order valence-corrected chi connectivity index (χ0v) is 12.6. The van der Waals surface area contributed by atoms with E-state index < -0.39 is 10.0 Å². The summed E-state index contributed by atoms with van der Waals surface area (Å²) in [6, 6.07) is 3.02. The van der Waals surface area contributed by atoms with Gasteiger partial charge < -0.3 is 5.32 Å². The predicted octanol–water partition coefficient (Wildman–Crippen LogP) is 2.37. The zero-order chi connectivity index (χ0) is 14.3. The van der Waals surface area contributed by atoms with Crippen LogP contribution in [0, 0.1) is 0 Å². The van der Waals surface area contributed by atoms with Crippen LogP contribution in [0.3, 0.4) is 0 Å². The summed E-state index contributed by atoms with van der Waals surface area (Å²) >= 11 is 0. The van der Waals surface area contributed by atoms with E-state index in [-0.39, 0.29) is 10.9 Å². The molecule has 1 heterocycles. The average Bonchev–Trinajstić information content (AvgIpc) is 2.36. The van der Waals surface area contributed by atoms with E-state index in [9.17, 15) is 8.42 Å². The highest BCUT2D eigenvalue weighted by molar-refractivity contribution is 7.89. The molecule has 0 aromatic carbocycles. The van der Waals surface area contributed by atoms with Gasteiger partial charge >= 0.3 is 0 Å². The smallest absolute Gasteiger partial charge is 0.240 e. The Morgan fingerprint density at radius 1 is 1.32 bits per heavy atom. The summed E-state index contributed by atoms with van der Waals surface area (Å²) < 4.78 is 27.0.